The van der Waals surface area contributed by atoms with Gasteiger partial charge in [0.2, 0.25) is 0 Å². The van der Waals surface area contributed by atoms with Crippen molar-refractivity contribution in [2.75, 3.05) is 13.1 Å². The van der Waals surface area contributed by atoms with Gasteiger partial charge in [-0.2, -0.15) is 0 Å². The predicted octanol–water partition coefficient (Wildman–Crippen LogP) is 8.46. The molecule has 1 atom stereocenters. The fraction of sp³-hybridized carbons (Fsp3) is 0.786. The maximum Gasteiger partial charge on any atom is 0.123 e. The molecule has 1 aromatic rings. The first-order chi connectivity index (χ1) is 15.2. The van der Waals surface area contributed by atoms with Gasteiger partial charge in [-0.25, -0.2) is 4.39 Å². The molecule has 0 fully saturated rings. The summed E-state index contributed by atoms with van der Waals surface area (Å²) in [6, 6.07) is 6.58. The van der Waals surface area contributed by atoms with Gasteiger partial charge in [0.15, 0.2) is 0 Å². The van der Waals surface area contributed by atoms with E-state index in [9.17, 15) is 4.39 Å². The number of hydrogen-bond acceptors (Lipinski definition) is 2. The van der Waals surface area contributed by atoms with Crippen LogP contribution < -0.4 is 11.1 Å². The molecular formula is C28H51FN2. The summed E-state index contributed by atoms with van der Waals surface area (Å²) in [4.78, 5) is 0. The molecule has 1 rings (SSSR count). The van der Waals surface area contributed by atoms with E-state index in [0.29, 0.717) is 0 Å². The summed E-state index contributed by atoms with van der Waals surface area (Å²) in [5.41, 5.74) is 7.20. The van der Waals surface area contributed by atoms with Crippen LogP contribution in [0.3, 0.4) is 0 Å². The van der Waals surface area contributed by atoms with Gasteiger partial charge in [0.25, 0.3) is 0 Å². The summed E-state index contributed by atoms with van der Waals surface area (Å²) in [7, 11) is 0. The molecule has 31 heavy (non-hydrogen) atoms. The zero-order chi connectivity index (χ0) is 22.4. The third-order valence-electron chi connectivity index (χ3n) is 6.37. The van der Waals surface area contributed by atoms with E-state index in [4.69, 9.17) is 5.73 Å². The van der Waals surface area contributed by atoms with Gasteiger partial charge in [0.05, 0.1) is 0 Å². The third-order valence-corrected chi connectivity index (χ3v) is 6.37. The summed E-state index contributed by atoms with van der Waals surface area (Å²) in [5, 5.41) is 3.54. The van der Waals surface area contributed by atoms with E-state index in [1.807, 2.05) is 0 Å². The molecule has 0 heterocycles. The maximum absolute atomic E-state index is 12.9. The molecule has 0 aliphatic carbocycles. The summed E-state index contributed by atoms with van der Waals surface area (Å²) in [6.07, 6.45) is 24.7. The molecule has 180 valence electrons. The lowest BCUT2D eigenvalue weighted by Gasteiger charge is -2.12. The van der Waals surface area contributed by atoms with Gasteiger partial charge in [-0.3, -0.25) is 0 Å². The summed E-state index contributed by atoms with van der Waals surface area (Å²) < 4.78 is 12.9. The molecule has 0 aliphatic heterocycles. The largest absolute Gasteiger partial charge is 0.324 e. The van der Waals surface area contributed by atoms with Crippen molar-refractivity contribution in [1.82, 2.24) is 5.32 Å². The molecule has 0 radical (unpaired) electrons. The number of unbranched alkanes of at least 4 members (excludes halogenated alkanes) is 15. The number of nitrogens with two attached hydrogens (primary N) is 1. The summed E-state index contributed by atoms with van der Waals surface area (Å²) in [6.45, 7) is 4.43. The van der Waals surface area contributed by atoms with Crippen molar-refractivity contribution in [2.24, 2.45) is 5.73 Å². The molecule has 0 saturated heterocycles. The number of nitrogens with one attached hydrogen (secondary N) is 1. The highest BCUT2D eigenvalue weighted by atomic mass is 19.1. The first-order valence-electron chi connectivity index (χ1n) is 13.5. The standard InChI is InChI=1S/C28H51FN2/c1-2-3-4-5-6-7-8-9-10-11-12-13-14-15-16-17-24-31-25-18-19-28(30)26-20-22-27(29)23-21-26/h20-23,28,31H,2-19,24-25,30H2,1H3. The molecule has 3 heteroatoms. The Bertz CT molecular complexity index is 488. The van der Waals surface area contributed by atoms with Crippen molar-refractivity contribution in [2.45, 2.75) is 129 Å². The van der Waals surface area contributed by atoms with E-state index in [1.165, 1.54) is 115 Å². The van der Waals surface area contributed by atoms with Gasteiger partial charge in [-0.05, 0) is 50.0 Å². The van der Waals surface area contributed by atoms with E-state index in [-0.39, 0.29) is 11.9 Å². The highest BCUT2D eigenvalue weighted by Gasteiger charge is 2.05. The molecule has 0 aromatic heterocycles. The van der Waals surface area contributed by atoms with E-state index < -0.39 is 0 Å². The van der Waals surface area contributed by atoms with Crippen LogP contribution in [0.2, 0.25) is 0 Å². The summed E-state index contributed by atoms with van der Waals surface area (Å²) in [5.74, 6) is -0.198. The molecule has 0 saturated carbocycles. The summed E-state index contributed by atoms with van der Waals surface area (Å²) >= 11 is 0. The lowest BCUT2D eigenvalue weighted by molar-refractivity contribution is 0.519. The Morgan fingerprint density at radius 2 is 1.06 bits per heavy atom. The van der Waals surface area contributed by atoms with Crippen LogP contribution in [0.5, 0.6) is 0 Å². The van der Waals surface area contributed by atoms with Crippen LogP contribution in [-0.2, 0) is 0 Å². The van der Waals surface area contributed by atoms with Gasteiger partial charge in [-0.1, -0.05) is 115 Å². The highest BCUT2D eigenvalue weighted by Crippen LogP contribution is 2.16. The molecular weight excluding hydrogens is 383 g/mol. The van der Waals surface area contributed by atoms with E-state index >= 15 is 0 Å². The van der Waals surface area contributed by atoms with E-state index in [1.54, 1.807) is 12.1 Å². The van der Waals surface area contributed by atoms with Gasteiger partial charge in [0.1, 0.15) is 5.82 Å². The predicted molar refractivity (Wildman–Crippen MR) is 135 cm³/mol. The Balaban J connectivity index is 1.74. The van der Waals surface area contributed by atoms with Crippen molar-refractivity contribution >= 4 is 0 Å². The number of halogens is 1. The third kappa shape index (κ3) is 17.3. The Labute approximate surface area is 193 Å². The van der Waals surface area contributed by atoms with E-state index in [0.717, 1.165) is 31.5 Å². The van der Waals surface area contributed by atoms with Crippen LogP contribution in [-0.4, -0.2) is 13.1 Å². The molecule has 0 aliphatic rings. The topological polar surface area (TPSA) is 38.0 Å². The minimum absolute atomic E-state index is 0.0120. The quantitative estimate of drug-likeness (QED) is 0.180. The second-order valence-electron chi connectivity index (χ2n) is 9.35. The Hall–Kier alpha value is -0.930. The van der Waals surface area contributed by atoms with Crippen LogP contribution >= 0.6 is 0 Å². The van der Waals surface area contributed by atoms with Crippen molar-refractivity contribution in [3.05, 3.63) is 35.6 Å². The minimum atomic E-state index is -0.198. The van der Waals surface area contributed by atoms with Crippen molar-refractivity contribution in [1.29, 1.82) is 0 Å². The van der Waals surface area contributed by atoms with Gasteiger partial charge in [0, 0.05) is 6.04 Å². The second kappa shape index (κ2) is 20.9. The zero-order valence-corrected chi connectivity index (χ0v) is 20.5. The molecule has 2 nitrogen and oxygen atoms in total. The first kappa shape index (κ1) is 28.1. The fourth-order valence-corrected chi connectivity index (χ4v) is 4.25. The fourth-order valence-electron chi connectivity index (χ4n) is 4.25. The average Bonchev–Trinajstić information content (AvgIpc) is 2.78. The lowest BCUT2D eigenvalue weighted by atomic mass is 10.0. The van der Waals surface area contributed by atoms with Crippen molar-refractivity contribution in [3.8, 4) is 0 Å². The van der Waals surface area contributed by atoms with Crippen LogP contribution in [0.1, 0.15) is 134 Å². The van der Waals surface area contributed by atoms with Crippen LogP contribution in [0.15, 0.2) is 24.3 Å². The Morgan fingerprint density at radius 3 is 1.55 bits per heavy atom. The SMILES string of the molecule is CCCCCCCCCCCCCCCCCCNCCCC(N)c1ccc(F)cc1. The minimum Gasteiger partial charge on any atom is -0.324 e. The Kier molecular flexibility index (Phi) is 19.0. The van der Waals surface area contributed by atoms with Gasteiger partial charge >= 0.3 is 0 Å². The number of rotatable bonds is 22. The van der Waals surface area contributed by atoms with Crippen molar-refractivity contribution < 1.29 is 4.39 Å². The smallest absolute Gasteiger partial charge is 0.123 e. The molecule has 0 spiro atoms. The zero-order valence-electron chi connectivity index (χ0n) is 20.5. The monoisotopic (exact) mass is 434 g/mol. The normalized spacial score (nSPS) is 12.4. The second-order valence-corrected chi connectivity index (χ2v) is 9.35. The van der Waals surface area contributed by atoms with Crippen LogP contribution in [0, 0.1) is 5.82 Å². The number of benzene rings is 1. The van der Waals surface area contributed by atoms with Crippen LogP contribution in [0.25, 0.3) is 0 Å². The maximum atomic E-state index is 12.9. The average molecular weight is 435 g/mol. The van der Waals surface area contributed by atoms with Crippen LogP contribution in [0.4, 0.5) is 4.39 Å². The van der Waals surface area contributed by atoms with E-state index in [2.05, 4.69) is 12.2 Å². The first-order valence-corrected chi connectivity index (χ1v) is 13.5. The molecule has 1 unspecified atom stereocenters. The highest BCUT2D eigenvalue weighted by molar-refractivity contribution is 5.19. The molecule has 3 N–H and O–H groups in total. The van der Waals surface area contributed by atoms with Gasteiger partial charge < -0.3 is 11.1 Å². The van der Waals surface area contributed by atoms with Gasteiger partial charge in [-0.15, -0.1) is 0 Å². The Morgan fingerprint density at radius 1 is 0.645 bits per heavy atom. The molecule has 1 aromatic carbocycles. The number of hydrogen-bond donors (Lipinski definition) is 2. The lowest BCUT2D eigenvalue weighted by Crippen LogP contribution is -2.19. The van der Waals surface area contributed by atoms with Crippen molar-refractivity contribution in [3.63, 3.8) is 0 Å². The molecule has 0 amide bonds. The molecule has 0 bridgehead atoms.